The second-order valence-corrected chi connectivity index (χ2v) is 11.5. The first kappa shape index (κ1) is 34.1. The minimum Gasteiger partial charge on any atom is -0.493 e. The van der Waals surface area contributed by atoms with Crippen molar-refractivity contribution in [2.45, 2.75) is 70.9 Å². The summed E-state index contributed by atoms with van der Waals surface area (Å²) in [5, 5.41) is 2.91. The maximum absolute atomic E-state index is 13.8. The van der Waals surface area contributed by atoms with Crippen LogP contribution in [0.4, 0.5) is 5.69 Å². The van der Waals surface area contributed by atoms with Crippen LogP contribution in [0.15, 0.2) is 66.9 Å². The van der Waals surface area contributed by atoms with E-state index in [4.69, 9.17) is 14.2 Å². The van der Waals surface area contributed by atoms with Crippen molar-refractivity contribution in [1.82, 2.24) is 9.88 Å². The molecule has 3 atom stereocenters. The van der Waals surface area contributed by atoms with Gasteiger partial charge in [0.05, 0.1) is 20.6 Å². The number of aryl methyl sites for hydroxylation is 1. The lowest BCUT2D eigenvalue weighted by Gasteiger charge is -2.35. The molecule has 46 heavy (non-hydrogen) atoms. The number of piperidine rings is 1. The monoisotopic (exact) mass is 629 g/mol. The molecule has 1 fully saturated rings. The van der Waals surface area contributed by atoms with Gasteiger partial charge in [-0.1, -0.05) is 38.1 Å². The molecule has 0 radical (unpaired) electrons. The van der Waals surface area contributed by atoms with Crippen LogP contribution < -0.4 is 14.8 Å². The van der Waals surface area contributed by atoms with E-state index < -0.39 is 35.7 Å². The van der Waals surface area contributed by atoms with Crippen LogP contribution in [0.3, 0.4) is 0 Å². The number of rotatable bonds is 14. The van der Waals surface area contributed by atoms with Gasteiger partial charge in [0.25, 0.3) is 5.91 Å². The molecule has 2 heterocycles. The fourth-order valence-electron chi connectivity index (χ4n) is 5.49. The number of likely N-dealkylation sites (tertiary alicyclic amines) is 1. The summed E-state index contributed by atoms with van der Waals surface area (Å²) in [4.78, 5) is 58.1. The third-order valence-electron chi connectivity index (χ3n) is 8.32. The predicted molar refractivity (Wildman–Crippen MR) is 174 cm³/mol. The van der Waals surface area contributed by atoms with Crippen molar-refractivity contribution < 1.29 is 33.4 Å². The van der Waals surface area contributed by atoms with E-state index in [0.717, 1.165) is 12.0 Å². The third kappa shape index (κ3) is 8.93. The van der Waals surface area contributed by atoms with E-state index in [2.05, 4.69) is 10.3 Å². The predicted octanol–water partition coefficient (Wildman–Crippen LogP) is 5.49. The van der Waals surface area contributed by atoms with E-state index in [0.29, 0.717) is 67.1 Å². The van der Waals surface area contributed by atoms with Gasteiger partial charge in [-0.05, 0) is 86.1 Å². The fraction of sp³-hybridized carbons (Fsp3) is 0.417. The highest BCUT2D eigenvalue weighted by molar-refractivity contribution is 6.37. The minimum atomic E-state index is -0.848. The molecule has 10 heteroatoms. The lowest BCUT2D eigenvalue weighted by molar-refractivity contribution is -0.164. The zero-order chi connectivity index (χ0) is 33.1. The molecule has 244 valence electrons. The van der Waals surface area contributed by atoms with Crippen molar-refractivity contribution in [3.8, 4) is 11.5 Å². The lowest BCUT2D eigenvalue weighted by Crippen LogP contribution is -2.52. The molecule has 0 spiro atoms. The summed E-state index contributed by atoms with van der Waals surface area (Å²) < 4.78 is 17.0. The average molecular weight is 630 g/mol. The highest BCUT2D eigenvalue weighted by Gasteiger charge is 2.38. The van der Waals surface area contributed by atoms with Crippen LogP contribution in [-0.2, 0) is 36.8 Å². The molecule has 10 nitrogen and oxygen atoms in total. The number of esters is 1. The molecule has 0 unspecified atom stereocenters. The van der Waals surface area contributed by atoms with Crippen LogP contribution in [0.2, 0.25) is 0 Å². The topological polar surface area (TPSA) is 124 Å². The third-order valence-corrected chi connectivity index (χ3v) is 8.32. The molecular formula is C36H43N3O7. The number of nitrogens with zero attached hydrogens (tertiary/aromatic N) is 2. The van der Waals surface area contributed by atoms with E-state index in [9.17, 15) is 19.2 Å². The van der Waals surface area contributed by atoms with E-state index in [-0.39, 0.29) is 12.3 Å². The second kappa shape index (κ2) is 16.5. The van der Waals surface area contributed by atoms with Crippen LogP contribution in [0.5, 0.6) is 11.5 Å². The molecule has 4 rings (SSSR count). The lowest BCUT2D eigenvalue weighted by atomic mass is 9.97. The number of ether oxygens (including phenoxy) is 3. The van der Waals surface area contributed by atoms with Gasteiger partial charge in [-0.25, -0.2) is 4.79 Å². The molecule has 3 aromatic rings. The summed E-state index contributed by atoms with van der Waals surface area (Å²) >= 11 is 0. The first-order valence-electron chi connectivity index (χ1n) is 15.8. The van der Waals surface area contributed by atoms with Crippen molar-refractivity contribution in [2.24, 2.45) is 5.92 Å². The molecule has 1 aliphatic heterocycles. The smallest absolute Gasteiger partial charge is 0.329 e. The Bertz CT molecular complexity index is 1510. The SMILES string of the molecule is CC[C@@H](C)C(=O)C(=O)N1CCCC[C@H]1C(=O)O[C@H](CCc1ccc(OC)c(OC)c1)c1cccc(NC(=O)Cc2ccccn2)c1. The van der Waals surface area contributed by atoms with Gasteiger partial charge in [0.15, 0.2) is 11.5 Å². The Kier molecular flexibility index (Phi) is 12.3. The molecule has 1 saturated heterocycles. The van der Waals surface area contributed by atoms with Gasteiger partial charge in [-0.3, -0.25) is 19.4 Å². The number of nitrogens with one attached hydrogen (secondary N) is 1. The van der Waals surface area contributed by atoms with Crippen LogP contribution in [0.25, 0.3) is 0 Å². The van der Waals surface area contributed by atoms with Gasteiger partial charge >= 0.3 is 5.97 Å². The van der Waals surface area contributed by atoms with E-state index >= 15 is 0 Å². The van der Waals surface area contributed by atoms with Crippen LogP contribution >= 0.6 is 0 Å². The van der Waals surface area contributed by atoms with E-state index in [1.54, 1.807) is 57.7 Å². The molecule has 2 amide bonds. The number of carbonyl (C=O) groups excluding carboxylic acids is 4. The van der Waals surface area contributed by atoms with Crippen molar-refractivity contribution >= 4 is 29.3 Å². The minimum absolute atomic E-state index is 0.115. The summed E-state index contributed by atoms with van der Waals surface area (Å²) in [5.41, 5.74) is 2.84. The van der Waals surface area contributed by atoms with Crippen molar-refractivity contribution in [3.63, 3.8) is 0 Å². The number of pyridine rings is 1. The fourth-order valence-corrected chi connectivity index (χ4v) is 5.49. The van der Waals surface area contributed by atoms with Gasteiger partial charge in [-0.15, -0.1) is 0 Å². The number of aromatic nitrogens is 1. The number of anilines is 1. The first-order valence-corrected chi connectivity index (χ1v) is 15.8. The largest absolute Gasteiger partial charge is 0.493 e. The van der Waals surface area contributed by atoms with Crippen LogP contribution in [0.1, 0.15) is 68.9 Å². The molecular weight excluding hydrogens is 586 g/mol. The number of ketones is 1. The number of methoxy groups -OCH3 is 2. The Morgan fingerprint density at radius 2 is 1.78 bits per heavy atom. The Morgan fingerprint density at radius 3 is 2.50 bits per heavy atom. The number of hydrogen-bond donors (Lipinski definition) is 1. The van der Waals surface area contributed by atoms with Gasteiger partial charge in [0.1, 0.15) is 12.1 Å². The highest BCUT2D eigenvalue weighted by atomic mass is 16.5. The molecule has 0 saturated carbocycles. The average Bonchev–Trinajstić information content (AvgIpc) is 3.09. The number of hydrogen-bond acceptors (Lipinski definition) is 8. The van der Waals surface area contributed by atoms with Crippen molar-refractivity contribution in [1.29, 1.82) is 0 Å². The summed E-state index contributed by atoms with van der Waals surface area (Å²) in [6.45, 7) is 3.91. The molecule has 1 N–H and O–H groups in total. The number of amides is 2. The highest BCUT2D eigenvalue weighted by Crippen LogP contribution is 2.32. The Morgan fingerprint density at radius 1 is 0.978 bits per heavy atom. The molecule has 1 aliphatic rings. The Balaban J connectivity index is 1.56. The van der Waals surface area contributed by atoms with Gasteiger partial charge in [0.2, 0.25) is 11.7 Å². The van der Waals surface area contributed by atoms with Crippen LogP contribution in [-0.4, -0.2) is 60.3 Å². The number of carbonyl (C=O) groups is 4. The molecule has 1 aromatic heterocycles. The van der Waals surface area contributed by atoms with Crippen molar-refractivity contribution in [3.05, 3.63) is 83.7 Å². The van der Waals surface area contributed by atoms with Crippen molar-refractivity contribution in [2.75, 3.05) is 26.1 Å². The Labute approximate surface area is 270 Å². The normalized spacial score (nSPS) is 15.7. The quantitative estimate of drug-likeness (QED) is 0.183. The summed E-state index contributed by atoms with van der Waals surface area (Å²) in [6, 6.07) is 17.4. The number of Topliss-reactive ketones (excluding diaryl/α,β-unsaturated/α-hetero) is 1. The van der Waals surface area contributed by atoms with Crippen LogP contribution in [0, 0.1) is 5.92 Å². The zero-order valence-electron chi connectivity index (χ0n) is 27.0. The zero-order valence-corrected chi connectivity index (χ0v) is 27.0. The number of benzene rings is 2. The molecule has 2 aromatic carbocycles. The maximum atomic E-state index is 13.8. The maximum Gasteiger partial charge on any atom is 0.329 e. The Hall–Kier alpha value is -4.73. The van der Waals surface area contributed by atoms with E-state index in [1.165, 1.54) is 4.90 Å². The molecule has 0 aliphatic carbocycles. The van der Waals surface area contributed by atoms with Gasteiger partial charge in [0, 0.05) is 30.0 Å². The van der Waals surface area contributed by atoms with E-state index in [1.807, 2.05) is 37.3 Å². The molecule has 0 bridgehead atoms. The van der Waals surface area contributed by atoms with Gasteiger partial charge in [-0.2, -0.15) is 0 Å². The summed E-state index contributed by atoms with van der Waals surface area (Å²) in [7, 11) is 3.15. The second-order valence-electron chi connectivity index (χ2n) is 11.5. The standard InChI is InChI=1S/C36H43N3O7/c1-5-24(2)34(41)35(42)39-20-9-7-14-29(39)36(43)46-30(17-15-25-16-18-31(44-3)32(21-25)45-4)26-11-10-13-28(22-26)38-33(40)23-27-12-6-8-19-37-27/h6,8,10-13,16,18-19,21-22,24,29-30H,5,7,9,14-15,17,20,23H2,1-4H3,(H,38,40)/t24-,29+,30-/m1/s1. The summed E-state index contributed by atoms with van der Waals surface area (Å²) in [6.07, 6.45) is 4.43. The first-order chi connectivity index (χ1) is 22.2. The summed E-state index contributed by atoms with van der Waals surface area (Å²) in [5.74, 6) is -1.11. The van der Waals surface area contributed by atoms with Gasteiger partial charge < -0.3 is 24.4 Å².